The van der Waals surface area contributed by atoms with E-state index in [0.29, 0.717) is 35.8 Å². The summed E-state index contributed by atoms with van der Waals surface area (Å²) in [4.78, 5) is 25.6. The number of hydrogen-bond donors (Lipinski definition) is 1. The molecular formula is C33H51N2O4+. The number of hydrogen-bond acceptors (Lipinski definition) is 4. The molecule has 0 aliphatic rings. The standard InChI is InChI=1S/C33H50N2O4/c1-5-9-11-12-13-17-26-38-31-19-15-14-18-30(31)32(36)34-29-22-20-28(21-23-29)33(37)39-27-25-35(7-3,8-4)24-16-10-6-2/h14-15,18-23H,5-13,16-17,24-27H2,1-4H3/p+1. The van der Waals surface area contributed by atoms with Crippen LogP contribution in [0.5, 0.6) is 5.75 Å². The highest BCUT2D eigenvalue weighted by atomic mass is 16.5. The molecule has 0 fully saturated rings. The first-order chi connectivity index (χ1) is 19.0. The molecular weight excluding hydrogens is 488 g/mol. The van der Waals surface area contributed by atoms with Crippen LogP contribution < -0.4 is 10.1 Å². The normalized spacial score (nSPS) is 11.3. The lowest BCUT2D eigenvalue weighted by atomic mass is 10.1. The van der Waals surface area contributed by atoms with Crippen LogP contribution in [-0.2, 0) is 4.74 Å². The summed E-state index contributed by atoms with van der Waals surface area (Å²) in [5, 5.41) is 2.92. The second kappa shape index (κ2) is 18.4. The maximum Gasteiger partial charge on any atom is 0.338 e. The number of nitrogens with one attached hydrogen (secondary N) is 1. The summed E-state index contributed by atoms with van der Waals surface area (Å²) in [7, 11) is 0. The van der Waals surface area contributed by atoms with Gasteiger partial charge in [-0.15, -0.1) is 0 Å². The molecule has 0 aromatic heterocycles. The van der Waals surface area contributed by atoms with Crippen LogP contribution in [0.2, 0.25) is 0 Å². The van der Waals surface area contributed by atoms with E-state index in [9.17, 15) is 9.59 Å². The zero-order valence-corrected chi connectivity index (χ0v) is 24.8. The largest absolute Gasteiger partial charge is 0.493 e. The molecule has 6 nitrogen and oxygen atoms in total. The van der Waals surface area contributed by atoms with E-state index in [-0.39, 0.29) is 11.9 Å². The Morgan fingerprint density at radius 1 is 0.718 bits per heavy atom. The molecule has 0 unspecified atom stereocenters. The van der Waals surface area contributed by atoms with Crippen LogP contribution in [0.3, 0.4) is 0 Å². The van der Waals surface area contributed by atoms with Gasteiger partial charge in [0, 0.05) is 5.69 Å². The van der Waals surface area contributed by atoms with Gasteiger partial charge in [-0.1, -0.05) is 64.5 Å². The molecule has 0 atom stereocenters. The van der Waals surface area contributed by atoms with Gasteiger partial charge in [0.1, 0.15) is 18.9 Å². The van der Waals surface area contributed by atoms with Crippen LogP contribution in [0, 0.1) is 0 Å². The van der Waals surface area contributed by atoms with E-state index >= 15 is 0 Å². The molecule has 0 saturated heterocycles. The molecule has 0 bridgehead atoms. The lowest BCUT2D eigenvalue weighted by Crippen LogP contribution is -2.50. The fourth-order valence-corrected chi connectivity index (χ4v) is 4.81. The second-order valence-corrected chi connectivity index (χ2v) is 10.4. The number of quaternary nitrogens is 1. The summed E-state index contributed by atoms with van der Waals surface area (Å²) in [5.74, 6) is 0.0208. The Bertz CT molecular complexity index is 970. The predicted molar refractivity (Wildman–Crippen MR) is 161 cm³/mol. The average molecular weight is 540 g/mol. The number of carbonyl (C=O) groups is 2. The van der Waals surface area contributed by atoms with Crippen molar-refractivity contribution < 1.29 is 23.5 Å². The van der Waals surface area contributed by atoms with Gasteiger partial charge in [0.25, 0.3) is 5.91 Å². The quantitative estimate of drug-likeness (QED) is 0.106. The number of ether oxygens (including phenoxy) is 2. The van der Waals surface area contributed by atoms with Gasteiger partial charge >= 0.3 is 5.97 Å². The number of benzene rings is 2. The zero-order chi connectivity index (χ0) is 28.3. The van der Waals surface area contributed by atoms with Gasteiger partial charge in [-0.05, 0) is 69.5 Å². The van der Waals surface area contributed by atoms with E-state index < -0.39 is 0 Å². The lowest BCUT2D eigenvalue weighted by molar-refractivity contribution is -0.925. The van der Waals surface area contributed by atoms with E-state index in [4.69, 9.17) is 9.47 Å². The summed E-state index contributed by atoms with van der Waals surface area (Å²) in [6.45, 7) is 13.9. The van der Waals surface area contributed by atoms with Crippen LogP contribution in [0.1, 0.15) is 106 Å². The third-order valence-electron chi connectivity index (χ3n) is 7.64. The maximum atomic E-state index is 13.0. The lowest BCUT2D eigenvalue weighted by Gasteiger charge is -2.36. The van der Waals surface area contributed by atoms with Gasteiger partial charge in [0.05, 0.1) is 37.4 Å². The molecule has 2 aromatic rings. The monoisotopic (exact) mass is 539 g/mol. The molecule has 2 rings (SSSR count). The van der Waals surface area contributed by atoms with Gasteiger partial charge in [-0.3, -0.25) is 4.79 Å². The number of rotatable bonds is 20. The Labute approximate surface area is 236 Å². The molecule has 2 aromatic carbocycles. The third kappa shape index (κ3) is 11.4. The van der Waals surface area contributed by atoms with E-state index in [2.05, 4.69) is 33.0 Å². The smallest absolute Gasteiger partial charge is 0.338 e. The number of amides is 1. The minimum absolute atomic E-state index is 0.236. The molecule has 6 heteroatoms. The van der Waals surface area contributed by atoms with Crippen molar-refractivity contribution >= 4 is 17.6 Å². The van der Waals surface area contributed by atoms with E-state index in [0.717, 1.165) is 43.5 Å². The minimum Gasteiger partial charge on any atom is -0.493 e. The number of anilines is 1. The minimum atomic E-state index is -0.333. The number of nitrogens with zero attached hydrogens (tertiary/aromatic N) is 1. The predicted octanol–water partition coefficient (Wildman–Crippen LogP) is 7.88. The van der Waals surface area contributed by atoms with Crippen molar-refractivity contribution in [1.29, 1.82) is 0 Å². The summed E-state index contributed by atoms with van der Waals surface area (Å²) in [5.41, 5.74) is 1.60. The van der Waals surface area contributed by atoms with Gasteiger partial charge in [-0.25, -0.2) is 4.79 Å². The van der Waals surface area contributed by atoms with E-state index in [1.54, 1.807) is 30.3 Å². The topological polar surface area (TPSA) is 64.6 Å². The van der Waals surface area contributed by atoms with Crippen molar-refractivity contribution in [2.45, 2.75) is 85.5 Å². The van der Waals surface area contributed by atoms with Crippen LogP contribution in [-0.4, -0.2) is 55.8 Å². The number of esters is 1. The van der Waals surface area contributed by atoms with E-state index in [1.807, 2.05) is 18.2 Å². The SMILES string of the molecule is CCCCCCCCOc1ccccc1C(=O)Nc1ccc(C(=O)OCC[N+](CC)(CC)CCCCC)cc1. The van der Waals surface area contributed by atoms with Crippen molar-refractivity contribution in [2.75, 3.05) is 44.7 Å². The Balaban J connectivity index is 1.85. The number of carbonyl (C=O) groups excluding carboxylic acids is 2. The zero-order valence-electron chi connectivity index (χ0n) is 24.8. The Morgan fingerprint density at radius 2 is 1.36 bits per heavy atom. The van der Waals surface area contributed by atoms with Crippen molar-refractivity contribution in [2.24, 2.45) is 0 Å². The van der Waals surface area contributed by atoms with Crippen LogP contribution in [0.4, 0.5) is 5.69 Å². The first-order valence-electron chi connectivity index (χ1n) is 15.1. The highest BCUT2D eigenvalue weighted by molar-refractivity contribution is 6.06. The van der Waals surface area contributed by atoms with Gasteiger partial charge in [0.2, 0.25) is 0 Å². The highest BCUT2D eigenvalue weighted by Gasteiger charge is 2.23. The number of para-hydroxylation sites is 1. The molecule has 0 aliphatic carbocycles. The van der Waals surface area contributed by atoms with Crippen LogP contribution in [0.15, 0.2) is 48.5 Å². The first-order valence-corrected chi connectivity index (χ1v) is 15.1. The maximum absolute atomic E-state index is 13.0. The summed E-state index contributed by atoms with van der Waals surface area (Å²) >= 11 is 0. The first kappa shape index (κ1) is 32.4. The van der Waals surface area contributed by atoms with Crippen molar-refractivity contribution in [3.05, 3.63) is 59.7 Å². The van der Waals surface area contributed by atoms with E-state index in [1.165, 1.54) is 44.9 Å². The Morgan fingerprint density at radius 3 is 2.05 bits per heavy atom. The molecule has 0 heterocycles. The Kier molecular flexibility index (Phi) is 15.3. The van der Waals surface area contributed by atoms with Gasteiger partial charge in [0.15, 0.2) is 0 Å². The molecule has 0 saturated carbocycles. The van der Waals surface area contributed by atoms with Crippen molar-refractivity contribution in [1.82, 2.24) is 0 Å². The Hall–Kier alpha value is -2.86. The fraction of sp³-hybridized carbons (Fsp3) is 0.576. The summed E-state index contributed by atoms with van der Waals surface area (Å²) in [6.07, 6.45) is 10.8. The fourth-order valence-electron chi connectivity index (χ4n) is 4.81. The molecule has 216 valence electrons. The van der Waals surface area contributed by atoms with Crippen molar-refractivity contribution in [3.8, 4) is 5.75 Å². The average Bonchev–Trinajstić information content (AvgIpc) is 2.96. The molecule has 0 spiro atoms. The third-order valence-corrected chi connectivity index (χ3v) is 7.64. The molecule has 39 heavy (non-hydrogen) atoms. The summed E-state index contributed by atoms with van der Waals surface area (Å²) < 4.78 is 12.5. The molecule has 1 N–H and O–H groups in total. The molecule has 0 aliphatic heterocycles. The summed E-state index contributed by atoms with van der Waals surface area (Å²) in [6, 6.07) is 14.2. The highest BCUT2D eigenvalue weighted by Crippen LogP contribution is 2.21. The second-order valence-electron chi connectivity index (χ2n) is 10.4. The number of likely N-dealkylation sites (N-methyl/N-ethyl adjacent to an activating group) is 1. The molecule has 0 radical (unpaired) electrons. The van der Waals surface area contributed by atoms with Crippen LogP contribution in [0.25, 0.3) is 0 Å². The van der Waals surface area contributed by atoms with Gasteiger partial charge in [-0.2, -0.15) is 0 Å². The molecule has 1 amide bonds. The van der Waals surface area contributed by atoms with Crippen molar-refractivity contribution in [3.63, 3.8) is 0 Å². The van der Waals surface area contributed by atoms with Gasteiger partial charge < -0.3 is 19.3 Å². The van der Waals surface area contributed by atoms with Crippen LogP contribution >= 0.6 is 0 Å². The number of unbranched alkanes of at least 4 members (excludes halogenated alkanes) is 7.